The Morgan fingerprint density at radius 2 is 1.33 bits per heavy atom. The number of fused-ring (bicyclic) bond motifs is 6. The minimum absolute atomic E-state index is 0.0146. The first-order valence-corrected chi connectivity index (χ1v) is 22.2. The number of carbonyl (C=O) groups excluding carboxylic acids is 2. The molecule has 0 saturated heterocycles. The number of anilines is 1. The van der Waals surface area contributed by atoms with Crippen molar-refractivity contribution in [2.24, 2.45) is 16.2 Å². The Bertz CT molecular complexity index is 2330. The predicted molar refractivity (Wildman–Crippen MR) is 238 cm³/mol. The van der Waals surface area contributed by atoms with Gasteiger partial charge in [0.2, 0.25) is 5.91 Å². The zero-order chi connectivity index (χ0) is 41.8. The van der Waals surface area contributed by atoms with E-state index in [0.29, 0.717) is 42.4 Å². The van der Waals surface area contributed by atoms with Gasteiger partial charge in [0.05, 0.1) is 25.3 Å². The van der Waals surface area contributed by atoms with Gasteiger partial charge in [-0.1, -0.05) is 68.7 Å². The Kier molecular flexibility index (Phi) is 11.1. The topological polar surface area (TPSA) is 99.4 Å². The van der Waals surface area contributed by atoms with E-state index in [9.17, 15) is 0 Å². The molecule has 2 unspecified atom stereocenters. The van der Waals surface area contributed by atoms with Crippen molar-refractivity contribution in [3.05, 3.63) is 70.5 Å². The molecule has 2 N–H and O–H groups in total. The van der Waals surface area contributed by atoms with Gasteiger partial charge in [0.15, 0.2) is 16.2 Å². The average Bonchev–Trinajstić information content (AvgIpc) is 3.87. The van der Waals surface area contributed by atoms with E-state index in [1.165, 1.54) is 22.5 Å². The van der Waals surface area contributed by atoms with Crippen LogP contribution >= 0.6 is 11.3 Å². The van der Waals surface area contributed by atoms with Crippen LogP contribution in [0.5, 0.6) is 11.5 Å². The molecule has 3 heterocycles. The second-order valence-corrected chi connectivity index (χ2v) is 20.5. The van der Waals surface area contributed by atoms with Gasteiger partial charge in [-0.05, 0) is 109 Å². The summed E-state index contributed by atoms with van der Waals surface area (Å²) in [6, 6.07) is 12.6. The van der Waals surface area contributed by atoms with Crippen molar-refractivity contribution in [3.8, 4) is 11.5 Å². The van der Waals surface area contributed by atoms with E-state index in [0.717, 1.165) is 78.1 Å². The van der Waals surface area contributed by atoms with E-state index in [2.05, 4.69) is 111 Å². The molecule has 9 nitrogen and oxygen atoms in total. The molecular formula is C48H65N5O4S. The number of nitrogens with zero attached hydrogens (tertiary/aromatic N) is 3. The fraction of sp³-hybridized carbons (Fsp3) is 0.562. The molecule has 0 saturated carbocycles. The molecule has 10 heteroatoms. The standard InChI is InChI=1S/C48H65N5O4S/c1-12-20-48(41(54)49-24-23-44(3,4)5,53-38-28-32(57-11)15-17-34(38)36-19-22-46(8,9)30-40(36)53)47(13-2,42(55)51-43-50-25-26-58-43)52-37-27-31(56-10)14-16-33(37)35-18-21-45(6,7)29-39(35)52/h14-17,25-28H,12-13,18-24,29-30H2,1-11H3,(H,49,54)(H,50,51,55). The van der Waals surface area contributed by atoms with Crippen LogP contribution in [0.2, 0.25) is 0 Å². The van der Waals surface area contributed by atoms with E-state index in [1.54, 1.807) is 20.4 Å². The number of aryl methyl sites for hydroxylation is 2. The summed E-state index contributed by atoms with van der Waals surface area (Å²) in [5.74, 6) is 1.03. The van der Waals surface area contributed by atoms with E-state index < -0.39 is 11.1 Å². The third-order valence-corrected chi connectivity index (χ3v) is 14.0. The molecule has 0 spiro atoms. The van der Waals surface area contributed by atoms with Gasteiger partial charge in [-0.15, -0.1) is 11.3 Å². The molecule has 2 aromatic carbocycles. The lowest BCUT2D eigenvalue weighted by Crippen LogP contribution is -2.69. The van der Waals surface area contributed by atoms with E-state index in [-0.39, 0.29) is 28.1 Å². The van der Waals surface area contributed by atoms with Gasteiger partial charge in [0.1, 0.15) is 11.5 Å². The van der Waals surface area contributed by atoms with Crippen molar-refractivity contribution >= 4 is 50.1 Å². The molecule has 58 heavy (non-hydrogen) atoms. The lowest BCUT2D eigenvalue weighted by molar-refractivity contribution is -0.147. The molecule has 0 fully saturated rings. The summed E-state index contributed by atoms with van der Waals surface area (Å²) in [6.45, 7) is 20.6. The summed E-state index contributed by atoms with van der Waals surface area (Å²) >= 11 is 1.39. The number of aromatic nitrogens is 3. The Labute approximate surface area is 349 Å². The van der Waals surface area contributed by atoms with Crippen molar-refractivity contribution in [2.75, 3.05) is 26.1 Å². The molecule has 0 radical (unpaired) electrons. The molecule has 0 bridgehead atoms. The van der Waals surface area contributed by atoms with Crippen LogP contribution in [0.25, 0.3) is 21.8 Å². The first kappa shape index (κ1) is 41.8. The van der Waals surface area contributed by atoms with E-state index in [4.69, 9.17) is 9.47 Å². The van der Waals surface area contributed by atoms with Gasteiger partial charge < -0.3 is 23.9 Å². The summed E-state index contributed by atoms with van der Waals surface area (Å²) in [6.07, 6.45) is 9.20. The number of nitrogens with one attached hydrogen (secondary N) is 2. The summed E-state index contributed by atoms with van der Waals surface area (Å²) in [4.78, 5) is 37.4. The predicted octanol–water partition coefficient (Wildman–Crippen LogP) is 10.6. The van der Waals surface area contributed by atoms with Gasteiger partial charge in [-0.25, -0.2) is 4.98 Å². The van der Waals surface area contributed by atoms with Gasteiger partial charge in [0, 0.05) is 52.4 Å². The zero-order valence-corrected chi connectivity index (χ0v) is 37.6. The smallest absolute Gasteiger partial charge is 0.255 e. The third kappa shape index (κ3) is 7.01. The maximum Gasteiger partial charge on any atom is 0.255 e. The molecule has 2 aliphatic carbocycles. The van der Waals surface area contributed by atoms with Crippen LogP contribution in [-0.4, -0.2) is 46.7 Å². The van der Waals surface area contributed by atoms with Crippen molar-refractivity contribution in [3.63, 3.8) is 0 Å². The highest BCUT2D eigenvalue weighted by Crippen LogP contribution is 2.54. The molecule has 5 aromatic rings. The minimum Gasteiger partial charge on any atom is -0.497 e. The van der Waals surface area contributed by atoms with Crippen LogP contribution in [0.15, 0.2) is 48.0 Å². The molecule has 2 amide bonds. The molecule has 2 atom stereocenters. The highest BCUT2D eigenvalue weighted by molar-refractivity contribution is 7.13. The van der Waals surface area contributed by atoms with Crippen molar-refractivity contribution in [1.82, 2.24) is 19.4 Å². The monoisotopic (exact) mass is 807 g/mol. The zero-order valence-electron chi connectivity index (χ0n) is 36.8. The number of amides is 2. The van der Waals surface area contributed by atoms with Crippen molar-refractivity contribution in [2.45, 2.75) is 138 Å². The van der Waals surface area contributed by atoms with Crippen LogP contribution in [0.4, 0.5) is 5.13 Å². The Morgan fingerprint density at radius 1 is 0.793 bits per heavy atom. The van der Waals surface area contributed by atoms with Crippen molar-refractivity contribution in [1.29, 1.82) is 0 Å². The van der Waals surface area contributed by atoms with Crippen molar-refractivity contribution < 1.29 is 19.1 Å². The number of rotatable bonds is 13. The molecule has 7 rings (SSSR count). The van der Waals surface area contributed by atoms with Crippen LogP contribution in [0.3, 0.4) is 0 Å². The highest BCUT2D eigenvalue weighted by atomic mass is 32.1. The lowest BCUT2D eigenvalue weighted by Gasteiger charge is -2.52. The van der Waals surface area contributed by atoms with Gasteiger partial charge in [-0.3, -0.25) is 14.9 Å². The number of hydrogen-bond donors (Lipinski definition) is 2. The Hall–Kier alpha value is -4.31. The number of thiazole rings is 1. The van der Waals surface area contributed by atoms with Crippen LogP contribution < -0.4 is 20.1 Å². The Morgan fingerprint density at radius 3 is 1.78 bits per heavy atom. The number of methoxy groups -OCH3 is 2. The van der Waals surface area contributed by atoms with Crippen LogP contribution in [-0.2, 0) is 46.4 Å². The van der Waals surface area contributed by atoms with Gasteiger partial charge in [0.25, 0.3) is 5.91 Å². The maximum atomic E-state index is 16.5. The number of carbonyl (C=O) groups is 2. The number of hydrogen-bond acceptors (Lipinski definition) is 6. The van der Waals surface area contributed by atoms with E-state index >= 15 is 9.59 Å². The normalized spacial score (nSPS) is 18.2. The summed E-state index contributed by atoms with van der Waals surface area (Å²) < 4.78 is 16.6. The second-order valence-electron chi connectivity index (χ2n) is 19.7. The quantitative estimate of drug-likeness (QED) is 0.123. The first-order chi connectivity index (χ1) is 27.5. The highest BCUT2D eigenvalue weighted by Gasteiger charge is 2.64. The fourth-order valence-electron chi connectivity index (χ4n) is 10.4. The lowest BCUT2D eigenvalue weighted by atomic mass is 9.67. The largest absolute Gasteiger partial charge is 0.497 e. The first-order valence-electron chi connectivity index (χ1n) is 21.4. The number of benzene rings is 2. The second kappa shape index (κ2) is 15.4. The summed E-state index contributed by atoms with van der Waals surface area (Å²) in [7, 11) is 3.39. The minimum atomic E-state index is -1.50. The Balaban J connectivity index is 1.71. The molecular weight excluding hydrogens is 743 g/mol. The van der Waals surface area contributed by atoms with Gasteiger partial charge >= 0.3 is 0 Å². The van der Waals surface area contributed by atoms with Crippen LogP contribution in [0, 0.1) is 16.2 Å². The maximum absolute atomic E-state index is 16.5. The number of ether oxygens (including phenoxy) is 2. The molecule has 312 valence electrons. The molecule has 2 aliphatic rings. The third-order valence-electron chi connectivity index (χ3n) is 13.3. The molecule has 3 aromatic heterocycles. The molecule has 0 aliphatic heterocycles. The van der Waals surface area contributed by atoms with Gasteiger partial charge in [-0.2, -0.15) is 0 Å². The average molecular weight is 808 g/mol. The van der Waals surface area contributed by atoms with Crippen LogP contribution in [0.1, 0.15) is 123 Å². The van der Waals surface area contributed by atoms with E-state index in [1.807, 2.05) is 17.5 Å². The SMILES string of the molecule is CCCC(C(=O)NCCC(C)(C)C)(n1c2c(c3ccc(OC)cc31)CCC(C)(C)C2)C(CC)(C(=O)Nc1nccs1)n1c2c(c3ccc(OC)cc31)CCC(C)(C)C2. The summed E-state index contributed by atoms with van der Waals surface area (Å²) in [5, 5.41) is 11.5. The summed E-state index contributed by atoms with van der Waals surface area (Å²) in [5.41, 5.74) is 3.52. The fourth-order valence-corrected chi connectivity index (χ4v) is 10.9.